The second-order valence-corrected chi connectivity index (χ2v) is 7.93. The number of anilines is 2. The van der Waals surface area contributed by atoms with Crippen LogP contribution in [-0.2, 0) is 20.0 Å². The standard InChI is InChI=1S/C26H28N6O/c1-32-25(33)24(29-17-20-10-6-3-7-11-20)23(21-12-14-28-15-13-21)31-26(32)30-18-22(27)16-19-8-4-2-5-9-19/h2-15,22,29H,16-18,27H2,1H3,(H,30,31). The lowest BCUT2D eigenvalue weighted by molar-refractivity contribution is 0.688. The smallest absolute Gasteiger partial charge is 0.278 e. The summed E-state index contributed by atoms with van der Waals surface area (Å²) in [6.45, 7) is 1.01. The third kappa shape index (κ3) is 5.64. The van der Waals surface area contributed by atoms with Gasteiger partial charge in [-0.25, -0.2) is 4.98 Å². The highest BCUT2D eigenvalue weighted by atomic mass is 16.1. The van der Waals surface area contributed by atoms with E-state index in [-0.39, 0.29) is 11.6 Å². The lowest BCUT2D eigenvalue weighted by atomic mass is 10.1. The molecule has 0 radical (unpaired) electrons. The Bertz CT molecular complexity index is 1230. The van der Waals surface area contributed by atoms with Crippen molar-refractivity contribution in [3.63, 3.8) is 0 Å². The minimum Gasteiger partial charge on any atom is -0.375 e. The first-order chi connectivity index (χ1) is 16.1. The van der Waals surface area contributed by atoms with Crippen LogP contribution in [0.15, 0.2) is 90.0 Å². The molecule has 0 bridgehead atoms. The minimum absolute atomic E-state index is 0.121. The zero-order valence-corrected chi connectivity index (χ0v) is 18.6. The van der Waals surface area contributed by atoms with Gasteiger partial charge < -0.3 is 16.4 Å². The molecule has 1 unspecified atom stereocenters. The Labute approximate surface area is 193 Å². The van der Waals surface area contributed by atoms with Crippen molar-refractivity contribution in [2.24, 2.45) is 12.8 Å². The molecule has 168 valence electrons. The maximum Gasteiger partial charge on any atom is 0.278 e. The van der Waals surface area contributed by atoms with E-state index in [0.717, 1.165) is 17.5 Å². The average molecular weight is 441 g/mol. The van der Waals surface area contributed by atoms with E-state index in [1.807, 2.05) is 60.7 Å². The van der Waals surface area contributed by atoms with E-state index in [1.54, 1.807) is 19.4 Å². The van der Waals surface area contributed by atoms with Crippen molar-refractivity contribution in [1.29, 1.82) is 0 Å². The summed E-state index contributed by atoms with van der Waals surface area (Å²) in [6, 6.07) is 23.6. The summed E-state index contributed by atoms with van der Waals surface area (Å²) < 4.78 is 1.52. The average Bonchev–Trinajstić information content (AvgIpc) is 2.86. The van der Waals surface area contributed by atoms with Crippen LogP contribution in [0.4, 0.5) is 11.6 Å². The molecule has 0 fully saturated rings. The maximum absolute atomic E-state index is 13.3. The first kappa shape index (κ1) is 22.2. The molecule has 33 heavy (non-hydrogen) atoms. The van der Waals surface area contributed by atoms with Crippen molar-refractivity contribution < 1.29 is 0 Å². The molecule has 7 heteroatoms. The Balaban J connectivity index is 1.59. The molecule has 1 atom stereocenters. The van der Waals surface area contributed by atoms with Crippen LogP contribution >= 0.6 is 0 Å². The van der Waals surface area contributed by atoms with Crippen LogP contribution in [0.3, 0.4) is 0 Å². The van der Waals surface area contributed by atoms with Gasteiger partial charge in [0.15, 0.2) is 0 Å². The van der Waals surface area contributed by atoms with Gasteiger partial charge in [-0.15, -0.1) is 0 Å². The molecular weight excluding hydrogens is 412 g/mol. The summed E-state index contributed by atoms with van der Waals surface area (Å²) in [7, 11) is 1.71. The first-order valence-electron chi connectivity index (χ1n) is 10.9. The number of aromatic nitrogens is 3. The third-order valence-corrected chi connectivity index (χ3v) is 5.42. The molecule has 0 aliphatic heterocycles. The molecule has 4 N–H and O–H groups in total. The van der Waals surface area contributed by atoms with Gasteiger partial charge in [-0.2, -0.15) is 0 Å². The van der Waals surface area contributed by atoms with Crippen LogP contribution in [0.25, 0.3) is 11.3 Å². The summed E-state index contributed by atoms with van der Waals surface area (Å²) in [4.78, 5) is 22.2. The molecule has 2 aromatic carbocycles. The number of hydrogen-bond acceptors (Lipinski definition) is 6. The molecular formula is C26H28N6O. The molecule has 0 amide bonds. The first-order valence-corrected chi connectivity index (χ1v) is 10.9. The quantitative estimate of drug-likeness (QED) is 0.369. The van der Waals surface area contributed by atoms with Crippen molar-refractivity contribution in [3.8, 4) is 11.3 Å². The predicted octanol–water partition coefficient (Wildman–Crippen LogP) is 3.44. The fourth-order valence-corrected chi connectivity index (χ4v) is 3.64. The van der Waals surface area contributed by atoms with Crippen LogP contribution in [0.5, 0.6) is 0 Å². The summed E-state index contributed by atoms with van der Waals surface area (Å²) in [5.74, 6) is 0.473. The Morgan fingerprint density at radius 3 is 2.21 bits per heavy atom. The number of pyridine rings is 1. The fraction of sp³-hybridized carbons (Fsp3) is 0.192. The zero-order chi connectivity index (χ0) is 23.0. The lowest BCUT2D eigenvalue weighted by Crippen LogP contribution is -2.34. The van der Waals surface area contributed by atoms with E-state index in [0.29, 0.717) is 30.4 Å². The van der Waals surface area contributed by atoms with Gasteiger partial charge in [0, 0.05) is 44.1 Å². The van der Waals surface area contributed by atoms with E-state index in [9.17, 15) is 4.79 Å². The SMILES string of the molecule is Cn1c(NCC(N)Cc2ccccc2)nc(-c2ccncc2)c(NCc2ccccc2)c1=O. The van der Waals surface area contributed by atoms with E-state index >= 15 is 0 Å². The van der Waals surface area contributed by atoms with Crippen LogP contribution in [-0.4, -0.2) is 27.1 Å². The zero-order valence-electron chi connectivity index (χ0n) is 18.6. The number of nitrogens with zero attached hydrogens (tertiary/aromatic N) is 3. The number of nitrogens with one attached hydrogen (secondary N) is 2. The van der Waals surface area contributed by atoms with E-state index in [1.165, 1.54) is 10.1 Å². The van der Waals surface area contributed by atoms with Gasteiger partial charge in [-0.05, 0) is 29.7 Å². The summed E-state index contributed by atoms with van der Waals surface area (Å²) in [6.07, 6.45) is 4.12. The van der Waals surface area contributed by atoms with E-state index < -0.39 is 0 Å². The normalized spacial score (nSPS) is 11.7. The fourth-order valence-electron chi connectivity index (χ4n) is 3.64. The Hall–Kier alpha value is -3.97. The van der Waals surface area contributed by atoms with Crippen LogP contribution in [0.2, 0.25) is 0 Å². The van der Waals surface area contributed by atoms with Gasteiger partial charge >= 0.3 is 0 Å². The third-order valence-electron chi connectivity index (χ3n) is 5.42. The van der Waals surface area contributed by atoms with Crippen molar-refractivity contribution in [1.82, 2.24) is 14.5 Å². The second-order valence-electron chi connectivity index (χ2n) is 7.93. The Morgan fingerprint density at radius 1 is 0.909 bits per heavy atom. The monoisotopic (exact) mass is 440 g/mol. The summed E-state index contributed by atoms with van der Waals surface area (Å²) >= 11 is 0. The van der Waals surface area contributed by atoms with Crippen molar-refractivity contribution in [2.75, 3.05) is 17.2 Å². The molecule has 4 aromatic rings. The predicted molar refractivity (Wildman–Crippen MR) is 133 cm³/mol. The lowest BCUT2D eigenvalue weighted by Gasteiger charge is -2.18. The molecule has 0 spiro atoms. The van der Waals surface area contributed by atoms with E-state index in [2.05, 4.69) is 27.8 Å². The van der Waals surface area contributed by atoms with Crippen LogP contribution < -0.4 is 21.9 Å². The Morgan fingerprint density at radius 2 is 1.55 bits per heavy atom. The minimum atomic E-state index is -0.160. The summed E-state index contributed by atoms with van der Waals surface area (Å²) in [5.41, 5.74) is 10.3. The van der Waals surface area contributed by atoms with Crippen molar-refractivity contribution in [2.45, 2.75) is 19.0 Å². The largest absolute Gasteiger partial charge is 0.375 e. The highest BCUT2D eigenvalue weighted by Gasteiger charge is 2.17. The van der Waals surface area contributed by atoms with Crippen molar-refractivity contribution in [3.05, 3.63) is 107 Å². The van der Waals surface area contributed by atoms with Gasteiger partial charge in [0.2, 0.25) is 5.95 Å². The number of rotatable bonds is 9. The van der Waals surface area contributed by atoms with Gasteiger partial charge in [-0.3, -0.25) is 14.3 Å². The molecule has 7 nitrogen and oxygen atoms in total. The number of nitrogens with two attached hydrogens (primary N) is 1. The van der Waals surface area contributed by atoms with E-state index in [4.69, 9.17) is 10.7 Å². The summed E-state index contributed by atoms with van der Waals surface area (Å²) in [5, 5.41) is 6.56. The number of hydrogen-bond donors (Lipinski definition) is 3. The van der Waals surface area contributed by atoms with Crippen LogP contribution in [0, 0.1) is 0 Å². The Kier molecular flexibility index (Phi) is 7.12. The molecule has 0 aliphatic carbocycles. The molecule has 2 aromatic heterocycles. The van der Waals surface area contributed by atoms with Gasteiger partial charge in [-0.1, -0.05) is 60.7 Å². The van der Waals surface area contributed by atoms with Gasteiger partial charge in [0.25, 0.3) is 5.56 Å². The highest BCUT2D eigenvalue weighted by molar-refractivity contribution is 5.74. The maximum atomic E-state index is 13.3. The van der Waals surface area contributed by atoms with Crippen molar-refractivity contribution >= 4 is 11.6 Å². The molecule has 0 saturated heterocycles. The molecule has 4 rings (SSSR count). The molecule has 0 aliphatic rings. The van der Waals surface area contributed by atoms with Gasteiger partial charge in [0.1, 0.15) is 11.4 Å². The number of benzene rings is 2. The van der Waals surface area contributed by atoms with Crippen LogP contribution in [0.1, 0.15) is 11.1 Å². The molecule has 2 heterocycles. The molecule has 0 saturated carbocycles. The van der Waals surface area contributed by atoms with Gasteiger partial charge in [0.05, 0.1) is 0 Å². The highest BCUT2D eigenvalue weighted by Crippen LogP contribution is 2.24. The second kappa shape index (κ2) is 10.6. The topological polar surface area (TPSA) is 97.9 Å².